The summed E-state index contributed by atoms with van der Waals surface area (Å²) >= 11 is 5.73. The predicted molar refractivity (Wildman–Crippen MR) is 67.5 cm³/mol. The van der Waals surface area contributed by atoms with Crippen molar-refractivity contribution in [1.29, 1.82) is 0 Å². The second-order valence-electron chi connectivity index (χ2n) is 3.32. The van der Waals surface area contributed by atoms with E-state index in [0.29, 0.717) is 6.08 Å². The van der Waals surface area contributed by atoms with Crippen molar-refractivity contribution < 1.29 is 24.2 Å². The number of halogens is 2. The molecule has 0 amide bonds. The summed E-state index contributed by atoms with van der Waals surface area (Å²) in [4.78, 5) is 21.1. The number of benzene rings is 1. The Kier molecular flexibility index (Phi) is 5.08. The number of carboxylic acids is 2. The molecule has 0 saturated carbocycles. The van der Waals surface area contributed by atoms with E-state index in [9.17, 15) is 14.0 Å². The lowest BCUT2D eigenvalue weighted by Gasteiger charge is -2.05. The Morgan fingerprint density at radius 1 is 1.26 bits per heavy atom. The van der Waals surface area contributed by atoms with Crippen LogP contribution in [-0.2, 0) is 9.59 Å². The molecule has 0 unspecified atom stereocenters. The number of para-hydroxylation sites is 1. The van der Waals surface area contributed by atoms with Gasteiger partial charge in [0.1, 0.15) is 5.82 Å². The van der Waals surface area contributed by atoms with Crippen LogP contribution in [0.4, 0.5) is 10.1 Å². The smallest absolute Gasteiger partial charge is 0.337 e. The van der Waals surface area contributed by atoms with Crippen LogP contribution in [0.5, 0.6) is 0 Å². The van der Waals surface area contributed by atoms with Crippen LogP contribution >= 0.6 is 11.6 Å². The van der Waals surface area contributed by atoms with Gasteiger partial charge in [-0.15, -0.1) is 0 Å². The van der Waals surface area contributed by atoms with E-state index in [4.69, 9.17) is 21.8 Å². The van der Waals surface area contributed by atoms with Crippen LogP contribution < -0.4 is 5.32 Å². The average molecular weight is 286 g/mol. The monoisotopic (exact) mass is 285 g/mol. The van der Waals surface area contributed by atoms with E-state index in [1.807, 2.05) is 0 Å². The largest absolute Gasteiger partial charge is 0.478 e. The standard InChI is InChI=1S/C12H9ClFNO4/c13-8-2-1-3-9(14)11(8)15-6-7(12(18)19)4-5-10(16)17/h1-6,15H,(H,16,17)(H,18,19)/b5-4+,7-6-. The summed E-state index contributed by atoms with van der Waals surface area (Å²) in [6.07, 6.45) is 2.48. The van der Waals surface area contributed by atoms with Crippen molar-refractivity contribution in [2.75, 3.05) is 5.32 Å². The first-order valence-corrected chi connectivity index (χ1v) is 5.34. The molecule has 0 bridgehead atoms. The van der Waals surface area contributed by atoms with Gasteiger partial charge in [0.25, 0.3) is 0 Å². The Hall–Kier alpha value is -2.34. The van der Waals surface area contributed by atoms with Gasteiger partial charge in [0.15, 0.2) is 0 Å². The fraction of sp³-hybridized carbons (Fsp3) is 0. The molecule has 1 rings (SSSR count). The number of hydrogen-bond acceptors (Lipinski definition) is 3. The molecular formula is C12H9ClFNO4. The number of rotatable bonds is 5. The number of hydrogen-bond donors (Lipinski definition) is 3. The number of carbonyl (C=O) groups is 2. The van der Waals surface area contributed by atoms with Crippen LogP contribution in [0, 0.1) is 5.82 Å². The maximum Gasteiger partial charge on any atom is 0.337 e. The summed E-state index contributed by atoms with van der Waals surface area (Å²) in [5.41, 5.74) is -0.451. The van der Waals surface area contributed by atoms with Gasteiger partial charge in [0, 0.05) is 12.3 Å². The minimum Gasteiger partial charge on any atom is -0.478 e. The molecule has 0 spiro atoms. The van der Waals surface area contributed by atoms with Crippen molar-refractivity contribution in [1.82, 2.24) is 0 Å². The highest BCUT2D eigenvalue weighted by atomic mass is 35.5. The third-order valence-corrected chi connectivity index (χ3v) is 2.30. The fourth-order valence-corrected chi connectivity index (χ4v) is 1.35. The first-order valence-electron chi connectivity index (χ1n) is 4.97. The maximum atomic E-state index is 13.4. The Morgan fingerprint density at radius 3 is 2.47 bits per heavy atom. The molecule has 0 aliphatic heterocycles. The van der Waals surface area contributed by atoms with Gasteiger partial charge in [-0.2, -0.15) is 0 Å². The molecule has 0 saturated heterocycles. The molecule has 1 aromatic rings. The van der Waals surface area contributed by atoms with E-state index < -0.39 is 17.8 Å². The topological polar surface area (TPSA) is 86.6 Å². The van der Waals surface area contributed by atoms with Crippen molar-refractivity contribution in [3.05, 3.63) is 53.0 Å². The Bertz CT molecular complexity index is 549. The Morgan fingerprint density at radius 2 is 1.95 bits per heavy atom. The van der Waals surface area contributed by atoms with Gasteiger partial charge in [-0.3, -0.25) is 0 Å². The summed E-state index contributed by atoms with van der Waals surface area (Å²) in [5.74, 6) is -3.32. The average Bonchev–Trinajstić information content (AvgIpc) is 2.31. The molecule has 0 radical (unpaired) electrons. The molecule has 1 aromatic carbocycles. The number of carboxylic acid groups (broad SMARTS) is 2. The molecule has 0 aliphatic carbocycles. The lowest BCUT2D eigenvalue weighted by molar-refractivity contribution is -0.132. The van der Waals surface area contributed by atoms with Gasteiger partial charge in [-0.25, -0.2) is 14.0 Å². The summed E-state index contributed by atoms with van der Waals surface area (Å²) in [5, 5.41) is 19.7. The second kappa shape index (κ2) is 6.55. The minimum absolute atomic E-state index is 0.0724. The molecule has 7 heteroatoms. The lowest BCUT2D eigenvalue weighted by Crippen LogP contribution is -2.03. The molecule has 0 atom stereocenters. The van der Waals surface area contributed by atoms with Crippen LogP contribution in [0.1, 0.15) is 0 Å². The zero-order valence-corrected chi connectivity index (χ0v) is 10.2. The summed E-state index contributed by atoms with van der Waals surface area (Å²) < 4.78 is 13.4. The van der Waals surface area contributed by atoms with Crippen molar-refractivity contribution >= 4 is 29.2 Å². The number of anilines is 1. The molecule has 19 heavy (non-hydrogen) atoms. The Labute approximate surface area is 112 Å². The van der Waals surface area contributed by atoms with E-state index in [1.165, 1.54) is 12.1 Å². The predicted octanol–water partition coefficient (Wildman–Crippen LogP) is 2.50. The fourth-order valence-electron chi connectivity index (χ4n) is 1.13. The van der Waals surface area contributed by atoms with Crippen molar-refractivity contribution in [3.63, 3.8) is 0 Å². The lowest BCUT2D eigenvalue weighted by atomic mass is 10.2. The van der Waals surface area contributed by atoms with Gasteiger partial charge in [0.2, 0.25) is 0 Å². The molecule has 0 fully saturated rings. The van der Waals surface area contributed by atoms with Crippen LogP contribution in [-0.4, -0.2) is 22.2 Å². The van der Waals surface area contributed by atoms with Gasteiger partial charge >= 0.3 is 11.9 Å². The first kappa shape index (κ1) is 14.7. The van der Waals surface area contributed by atoms with E-state index in [0.717, 1.165) is 18.3 Å². The third-order valence-electron chi connectivity index (χ3n) is 1.99. The molecule has 0 aromatic heterocycles. The SMILES string of the molecule is O=C(O)/C=C/C(=C/Nc1c(F)cccc1Cl)C(=O)O. The minimum atomic E-state index is -1.36. The van der Waals surface area contributed by atoms with E-state index in [-0.39, 0.29) is 16.3 Å². The number of nitrogens with one attached hydrogen (secondary N) is 1. The Balaban J connectivity index is 2.99. The first-order chi connectivity index (χ1) is 8.91. The molecule has 5 nitrogen and oxygen atoms in total. The summed E-state index contributed by atoms with van der Waals surface area (Å²) in [7, 11) is 0. The van der Waals surface area contributed by atoms with E-state index in [1.54, 1.807) is 0 Å². The maximum absolute atomic E-state index is 13.4. The third kappa shape index (κ3) is 4.44. The van der Waals surface area contributed by atoms with Crippen LogP contribution in [0.15, 0.2) is 42.1 Å². The van der Waals surface area contributed by atoms with Crippen molar-refractivity contribution in [3.8, 4) is 0 Å². The zero-order chi connectivity index (χ0) is 14.4. The normalized spacial score (nSPS) is 11.6. The molecule has 0 heterocycles. The van der Waals surface area contributed by atoms with Gasteiger partial charge in [0.05, 0.1) is 16.3 Å². The van der Waals surface area contributed by atoms with Crippen LogP contribution in [0.25, 0.3) is 0 Å². The quantitative estimate of drug-likeness (QED) is 0.571. The van der Waals surface area contributed by atoms with Crippen LogP contribution in [0.3, 0.4) is 0 Å². The van der Waals surface area contributed by atoms with Crippen molar-refractivity contribution in [2.45, 2.75) is 0 Å². The molecule has 3 N–H and O–H groups in total. The van der Waals surface area contributed by atoms with E-state index in [2.05, 4.69) is 5.32 Å². The van der Waals surface area contributed by atoms with Gasteiger partial charge in [-0.1, -0.05) is 17.7 Å². The molecular weight excluding hydrogens is 277 g/mol. The zero-order valence-electron chi connectivity index (χ0n) is 9.43. The van der Waals surface area contributed by atoms with Gasteiger partial charge in [-0.05, 0) is 18.2 Å². The summed E-state index contributed by atoms with van der Waals surface area (Å²) in [6, 6.07) is 3.97. The van der Waals surface area contributed by atoms with Crippen molar-refractivity contribution in [2.24, 2.45) is 0 Å². The van der Waals surface area contributed by atoms with Crippen LogP contribution in [0.2, 0.25) is 5.02 Å². The highest BCUT2D eigenvalue weighted by Gasteiger charge is 2.07. The molecule has 100 valence electrons. The highest BCUT2D eigenvalue weighted by molar-refractivity contribution is 6.33. The second-order valence-corrected chi connectivity index (χ2v) is 3.72. The number of aliphatic carboxylic acids is 2. The highest BCUT2D eigenvalue weighted by Crippen LogP contribution is 2.24. The van der Waals surface area contributed by atoms with E-state index >= 15 is 0 Å². The van der Waals surface area contributed by atoms with Gasteiger partial charge < -0.3 is 15.5 Å². The summed E-state index contributed by atoms with van der Waals surface area (Å²) in [6.45, 7) is 0. The molecule has 0 aliphatic rings.